The summed E-state index contributed by atoms with van der Waals surface area (Å²) in [5.41, 5.74) is 3.78. The zero-order valence-electron chi connectivity index (χ0n) is 16.0. The Bertz CT molecular complexity index is 691. The first kappa shape index (κ1) is 19.8. The fourth-order valence-electron chi connectivity index (χ4n) is 2.95. The molecule has 1 heterocycles. The highest BCUT2D eigenvalue weighted by Gasteiger charge is 2.39. The number of imide groups is 1. The second kappa shape index (κ2) is 8.70. The number of carbonyl (C=O) groups excluding carboxylic acids is 2. The summed E-state index contributed by atoms with van der Waals surface area (Å²) >= 11 is 1.50. The minimum atomic E-state index is -0.132. The summed E-state index contributed by atoms with van der Waals surface area (Å²) in [5, 5.41) is 0.258. The van der Waals surface area contributed by atoms with Gasteiger partial charge in [-0.25, -0.2) is 0 Å². The molecule has 1 aliphatic rings. The van der Waals surface area contributed by atoms with Crippen LogP contribution in [0.1, 0.15) is 63.1 Å². The van der Waals surface area contributed by atoms with Crippen molar-refractivity contribution in [1.82, 2.24) is 4.90 Å². The fraction of sp³-hybridized carbons (Fsp3) is 0.524. The molecule has 136 valence electrons. The molecule has 0 aliphatic carbocycles. The van der Waals surface area contributed by atoms with Gasteiger partial charge in [-0.15, -0.1) is 11.8 Å². The van der Waals surface area contributed by atoms with Crippen molar-refractivity contribution in [2.75, 3.05) is 6.54 Å². The van der Waals surface area contributed by atoms with Gasteiger partial charge >= 0.3 is 0 Å². The van der Waals surface area contributed by atoms with Crippen LogP contribution in [-0.2, 0) is 9.59 Å². The number of carbonyl (C=O) groups is 2. The smallest absolute Gasteiger partial charge is 0.267 e. The van der Waals surface area contributed by atoms with Crippen molar-refractivity contribution in [2.45, 2.75) is 65.6 Å². The standard InChI is InChI=1S/C21H29NO2S/c1-6-7-8-9-12-22-20(23)18(19(21(22)24)25-14(2)3)17-11-10-15(4)16(5)13-17/h10-11,13-14H,6-9,12H2,1-5H3. The maximum atomic E-state index is 13.0. The van der Waals surface area contributed by atoms with E-state index in [2.05, 4.69) is 27.7 Å². The third kappa shape index (κ3) is 4.55. The van der Waals surface area contributed by atoms with Gasteiger partial charge in [0.2, 0.25) is 0 Å². The molecule has 1 aromatic rings. The van der Waals surface area contributed by atoms with Gasteiger partial charge in [0.15, 0.2) is 0 Å². The molecule has 0 saturated heterocycles. The third-order valence-electron chi connectivity index (χ3n) is 4.51. The molecule has 0 fully saturated rings. The molecule has 0 N–H and O–H groups in total. The van der Waals surface area contributed by atoms with E-state index in [-0.39, 0.29) is 17.1 Å². The predicted octanol–water partition coefficient (Wildman–Crippen LogP) is 5.11. The van der Waals surface area contributed by atoms with E-state index < -0.39 is 0 Å². The number of amides is 2. The number of hydrogen-bond donors (Lipinski definition) is 0. The normalized spacial score (nSPS) is 15.0. The lowest BCUT2D eigenvalue weighted by molar-refractivity contribution is -0.136. The Hall–Kier alpha value is -1.55. The van der Waals surface area contributed by atoms with Gasteiger partial charge in [-0.2, -0.15) is 0 Å². The molecule has 2 amide bonds. The van der Waals surface area contributed by atoms with Crippen molar-refractivity contribution >= 4 is 29.1 Å². The van der Waals surface area contributed by atoms with E-state index in [0.29, 0.717) is 17.0 Å². The zero-order valence-corrected chi connectivity index (χ0v) is 16.8. The second-order valence-corrected chi connectivity index (χ2v) is 8.58. The summed E-state index contributed by atoms with van der Waals surface area (Å²) in [4.78, 5) is 27.9. The Balaban J connectivity index is 2.33. The summed E-state index contributed by atoms with van der Waals surface area (Å²) in [6.45, 7) is 10.9. The molecule has 25 heavy (non-hydrogen) atoms. The number of thioether (sulfide) groups is 1. The summed E-state index contributed by atoms with van der Waals surface area (Å²) in [6, 6.07) is 6.01. The molecule has 1 aliphatic heterocycles. The Labute approximate surface area is 155 Å². The van der Waals surface area contributed by atoms with Gasteiger partial charge in [0.1, 0.15) is 0 Å². The molecule has 0 aromatic heterocycles. The number of aryl methyl sites for hydroxylation is 2. The van der Waals surface area contributed by atoms with E-state index in [0.717, 1.165) is 36.8 Å². The highest BCUT2D eigenvalue weighted by molar-refractivity contribution is 8.04. The van der Waals surface area contributed by atoms with Crippen molar-refractivity contribution < 1.29 is 9.59 Å². The molecule has 3 nitrogen and oxygen atoms in total. The highest BCUT2D eigenvalue weighted by atomic mass is 32.2. The minimum absolute atomic E-state index is 0.117. The Kier molecular flexibility index (Phi) is 6.88. The van der Waals surface area contributed by atoms with E-state index >= 15 is 0 Å². The first-order valence-electron chi connectivity index (χ1n) is 9.21. The van der Waals surface area contributed by atoms with Crippen LogP contribution in [0.15, 0.2) is 23.1 Å². The zero-order chi connectivity index (χ0) is 18.6. The van der Waals surface area contributed by atoms with E-state index in [9.17, 15) is 9.59 Å². The number of nitrogens with zero attached hydrogens (tertiary/aromatic N) is 1. The molecule has 0 spiro atoms. The van der Waals surface area contributed by atoms with E-state index in [1.807, 2.05) is 25.1 Å². The van der Waals surface area contributed by atoms with E-state index in [1.165, 1.54) is 22.2 Å². The molecule has 0 radical (unpaired) electrons. The number of rotatable bonds is 8. The van der Waals surface area contributed by atoms with Gasteiger partial charge in [0.25, 0.3) is 11.8 Å². The molecule has 1 aromatic carbocycles. The first-order chi connectivity index (χ1) is 11.9. The van der Waals surface area contributed by atoms with Crippen LogP contribution in [0.2, 0.25) is 0 Å². The fourth-order valence-corrected chi connectivity index (χ4v) is 3.96. The van der Waals surface area contributed by atoms with Crippen LogP contribution in [0.25, 0.3) is 5.57 Å². The van der Waals surface area contributed by atoms with E-state index in [1.54, 1.807) is 0 Å². The Morgan fingerprint density at radius 3 is 2.32 bits per heavy atom. The average molecular weight is 360 g/mol. The van der Waals surface area contributed by atoms with Crippen LogP contribution in [0, 0.1) is 13.8 Å². The van der Waals surface area contributed by atoms with Crippen LogP contribution < -0.4 is 0 Å². The van der Waals surface area contributed by atoms with Crippen LogP contribution in [0.5, 0.6) is 0 Å². The predicted molar refractivity (Wildman–Crippen MR) is 106 cm³/mol. The molecule has 2 rings (SSSR count). The molecule has 0 unspecified atom stereocenters. The molecule has 0 saturated carbocycles. The number of unbranched alkanes of at least 4 members (excludes halogenated alkanes) is 3. The van der Waals surface area contributed by atoms with Gasteiger partial charge in [0.05, 0.1) is 10.5 Å². The van der Waals surface area contributed by atoms with Crippen molar-refractivity contribution in [3.8, 4) is 0 Å². The molecule has 0 atom stereocenters. The average Bonchev–Trinajstić information content (AvgIpc) is 2.78. The van der Waals surface area contributed by atoms with Crippen LogP contribution in [0.4, 0.5) is 0 Å². The molecule has 4 heteroatoms. The van der Waals surface area contributed by atoms with Gasteiger partial charge in [-0.1, -0.05) is 58.2 Å². The van der Waals surface area contributed by atoms with Gasteiger partial charge in [-0.3, -0.25) is 14.5 Å². The molecule has 0 bridgehead atoms. The number of hydrogen-bond acceptors (Lipinski definition) is 3. The van der Waals surface area contributed by atoms with Crippen molar-refractivity contribution in [3.63, 3.8) is 0 Å². The summed E-state index contributed by atoms with van der Waals surface area (Å²) < 4.78 is 0. The topological polar surface area (TPSA) is 37.4 Å². The minimum Gasteiger partial charge on any atom is -0.274 e. The summed E-state index contributed by atoms with van der Waals surface area (Å²) in [5.74, 6) is -0.249. The Morgan fingerprint density at radius 1 is 1.00 bits per heavy atom. The Morgan fingerprint density at radius 2 is 1.72 bits per heavy atom. The van der Waals surface area contributed by atoms with Gasteiger partial charge in [-0.05, 0) is 37.0 Å². The second-order valence-electron chi connectivity index (χ2n) is 6.99. The first-order valence-corrected chi connectivity index (χ1v) is 10.1. The number of benzene rings is 1. The lowest BCUT2D eigenvalue weighted by Gasteiger charge is -2.15. The van der Waals surface area contributed by atoms with Crippen LogP contribution in [-0.4, -0.2) is 28.5 Å². The van der Waals surface area contributed by atoms with Crippen molar-refractivity contribution in [3.05, 3.63) is 39.8 Å². The largest absolute Gasteiger partial charge is 0.274 e. The monoisotopic (exact) mass is 359 g/mol. The summed E-state index contributed by atoms with van der Waals surface area (Å²) in [7, 11) is 0. The van der Waals surface area contributed by atoms with Gasteiger partial charge < -0.3 is 0 Å². The lowest BCUT2D eigenvalue weighted by atomic mass is 10.0. The molecular formula is C21H29NO2S. The summed E-state index contributed by atoms with van der Waals surface area (Å²) in [6.07, 6.45) is 4.22. The molecular weight excluding hydrogens is 330 g/mol. The van der Waals surface area contributed by atoms with Crippen molar-refractivity contribution in [2.24, 2.45) is 0 Å². The maximum absolute atomic E-state index is 13.0. The lowest BCUT2D eigenvalue weighted by Crippen LogP contribution is -2.32. The maximum Gasteiger partial charge on any atom is 0.267 e. The highest BCUT2D eigenvalue weighted by Crippen LogP contribution is 2.38. The third-order valence-corrected chi connectivity index (χ3v) is 5.60. The van der Waals surface area contributed by atoms with Crippen LogP contribution >= 0.6 is 11.8 Å². The quantitative estimate of drug-likeness (QED) is 0.478. The van der Waals surface area contributed by atoms with Gasteiger partial charge in [0, 0.05) is 11.8 Å². The van der Waals surface area contributed by atoms with Crippen LogP contribution in [0.3, 0.4) is 0 Å². The van der Waals surface area contributed by atoms with Crippen molar-refractivity contribution in [1.29, 1.82) is 0 Å². The van der Waals surface area contributed by atoms with E-state index in [4.69, 9.17) is 0 Å². The SMILES string of the molecule is CCCCCCN1C(=O)C(SC(C)C)=C(c2ccc(C)c(C)c2)C1=O.